The Labute approximate surface area is 123 Å². The molecule has 0 unspecified atom stereocenters. The van der Waals surface area contributed by atoms with E-state index in [1.807, 2.05) is 31.2 Å². The molecule has 0 aromatic heterocycles. The van der Waals surface area contributed by atoms with Gasteiger partial charge in [0.2, 0.25) is 5.91 Å². The highest BCUT2D eigenvalue weighted by atomic mass is 16.4. The van der Waals surface area contributed by atoms with Gasteiger partial charge in [0.15, 0.2) is 0 Å². The third-order valence-corrected chi connectivity index (χ3v) is 3.48. The van der Waals surface area contributed by atoms with E-state index >= 15 is 0 Å². The van der Waals surface area contributed by atoms with Crippen LogP contribution in [0.25, 0.3) is 0 Å². The summed E-state index contributed by atoms with van der Waals surface area (Å²) in [7, 11) is 1.69. The average Bonchev–Trinajstić information content (AvgIpc) is 2.49. The molecule has 0 aliphatic rings. The summed E-state index contributed by atoms with van der Waals surface area (Å²) in [6.45, 7) is 1.98. The lowest BCUT2D eigenvalue weighted by Crippen LogP contribution is -2.28. The summed E-state index contributed by atoms with van der Waals surface area (Å²) in [5, 5.41) is 8.87. The van der Waals surface area contributed by atoms with E-state index in [4.69, 9.17) is 5.11 Å². The third kappa shape index (κ3) is 3.48. The largest absolute Gasteiger partial charge is 0.478 e. The van der Waals surface area contributed by atoms with Crippen LogP contribution in [0.5, 0.6) is 0 Å². The number of carbonyl (C=O) groups excluding carboxylic acids is 1. The normalized spacial score (nSPS) is 10.2. The zero-order valence-corrected chi connectivity index (χ0v) is 12.0. The van der Waals surface area contributed by atoms with Gasteiger partial charge >= 0.3 is 5.97 Å². The number of benzene rings is 2. The Morgan fingerprint density at radius 1 is 1.05 bits per heavy atom. The van der Waals surface area contributed by atoms with Gasteiger partial charge < -0.3 is 10.0 Å². The summed E-state index contributed by atoms with van der Waals surface area (Å²) in [4.78, 5) is 24.6. The smallest absolute Gasteiger partial charge is 0.335 e. The van der Waals surface area contributed by atoms with Crippen LogP contribution in [-0.4, -0.2) is 24.0 Å². The monoisotopic (exact) mass is 283 g/mol. The van der Waals surface area contributed by atoms with Crippen LogP contribution in [0.4, 0.5) is 5.69 Å². The van der Waals surface area contributed by atoms with Crippen LogP contribution in [-0.2, 0) is 11.2 Å². The number of nitrogens with zero attached hydrogens (tertiary/aromatic N) is 1. The van der Waals surface area contributed by atoms with Crippen molar-refractivity contribution in [2.75, 3.05) is 11.9 Å². The first-order chi connectivity index (χ1) is 9.99. The van der Waals surface area contributed by atoms with E-state index in [2.05, 4.69) is 0 Å². The number of carboxylic acids is 1. The second-order valence-corrected chi connectivity index (χ2v) is 4.91. The van der Waals surface area contributed by atoms with Crippen molar-refractivity contribution in [3.8, 4) is 0 Å². The van der Waals surface area contributed by atoms with Crippen molar-refractivity contribution in [1.82, 2.24) is 0 Å². The van der Waals surface area contributed by atoms with Gasteiger partial charge in [-0.05, 0) is 42.3 Å². The highest BCUT2D eigenvalue weighted by molar-refractivity contribution is 5.95. The molecule has 0 heterocycles. The van der Waals surface area contributed by atoms with Crippen molar-refractivity contribution >= 4 is 17.6 Å². The minimum absolute atomic E-state index is 0.0348. The Hall–Kier alpha value is -2.62. The van der Waals surface area contributed by atoms with Crippen LogP contribution >= 0.6 is 0 Å². The van der Waals surface area contributed by atoms with Gasteiger partial charge in [0.25, 0.3) is 0 Å². The molecule has 4 heteroatoms. The van der Waals surface area contributed by atoms with E-state index < -0.39 is 5.97 Å². The summed E-state index contributed by atoms with van der Waals surface area (Å²) in [6.07, 6.45) is 0.323. The van der Waals surface area contributed by atoms with E-state index in [9.17, 15) is 9.59 Å². The minimum atomic E-state index is -0.976. The number of hydrogen-bond donors (Lipinski definition) is 1. The topological polar surface area (TPSA) is 57.6 Å². The number of carboxylic acid groups (broad SMARTS) is 1. The fraction of sp³-hybridized carbons (Fsp3) is 0.176. The molecule has 1 N–H and O–H groups in total. The van der Waals surface area contributed by atoms with Gasteiger partial charge in [-0.2, -0.15) is 0 Å². The van der Waals surface area contributed by atoms with Crippen molar-refractivity contribution in [2.24, 2.45) is 0 Å². The molecule has 0 fully saturated rings. The molecule has 108 valence electrons. The summed E-state index contributed by atoms with van der Waals surface area (Å²) >= 11 is 0. The van der Waals surface area contributed by atoms with Gasteiger partial charge in [0.1, 0.15) is 0 Å². The number of aryl methyl sites for hydroxylation is 1. The van der Waals surface area contributed by atoms with Crippen molar-refractivity contribution < 1.29 is 14.7 Å². The van der Waals surface area contributed by atoms with Crippen LogP contribution in [0.2, 0.25) is 0 Å². The molecule has 0 radical (unpaired) electrons. The van der Waals surface area contributed by atoms with Gasteiger partial charge in [-0.15, -0.1) is 0 Å². The fourth-order valence-corrected chi connectivity index (χ4v) is 2.06. The second-order valence-electron chi connectivity index (χ2n) is 4.91. The molecule has 2 aromatic carbocycles. The predicted octanol–water partition coefficient (Wildman–Crippen LogP) is 2.90. The molecule has 0 aliphatic carbocycles. The molecular weight excluding hydrogens is 266 g/mol. The Morgan fingerprint density at radius 3 is 2.24 bits per heavy atom. The molecule has 0 bridgehead atoms. The van der Waals surface area contributed by atoms with E-state index in [0.29, 0.717) is 12.1 Å². The molecule has 2 rings (SSSR count). The van der Waals surface area contributed by atoms with Crippen LogP contribution in [0.15, 0.2) is 48.5 Å². The highest BCUT2D eigenvalue weighted by Crippen LogP contribution is 2.16. The Morgan fingerprint density at radius 2 is 1.67 bits per heavy atom. The predicted molar refractivity (Wildman–Crippen MR) is 81.7 cm³/mol. The van der Waals surface area contributed by atoms with Crippen LogP contribution in [0.1, 0.15) is 21.5 Å². The fourth-order valence-electron chi connectivity index (χ4n) is 2.06. The van der Waals surface area contributed by atoms with Gasteiger partial charge in [-0.25, -0.2) is 4.79 Å². The summed E-state index contributed by atoms with van der Waals surface area (Å²) < 4.78 is 0. The standard InChI is InChI=1S/C17H17NO3/c1-12-5-3-4-6-14(12)11-16(19)18(2)15-9-7-13(8-10-15)17(20)21/h3-10H,11H2,1-2H3,(H,20,21). The van der Waals surface area contributed by atoms with Crippen LogP contribution in [0.3, 0.4) is 0 Å². The first-order valence-electron chi connectivity index (χ1n) is 6.63. The Bertz CT molecular complexity index is 662. The Kier molecular flexibility index (Phi) is 4.38. The third-order valence-electron chi connectivity index (χ3n) is 3.48. The van der Waals surface area contributed by atoms with E-state index in [-0.39, 0.29) is 11.5 Å². The second kappa shape index (κ2) is 6.22. The molecular formula is C17H17NO3. The summed E-state index contributed by atoms with van der Waals surface area (Å²) in [5.41, 5.74) is 2.97. The SMILES string of the molecule is Cc1ccccc1CC(=O)N(C)c1ccc(C(=O)O)cc1. The van der Waals surface area contributed by atoms with E-state index in [0.717, 1.165) is 11.1 Å². The molecule has 2 aromatic rings. The lowest BCUT2D eigenvalue weighted by molar-refractivity contribution is -0.117. The number of likely N-dealkylation sites (N-methyl/N-ethyl adjacent to an activating group) is 1. The molecule has 0 saturated heterocycles. The lowest BCUT2D eigenvalue weighted by Gasteiger charge is -2.18. The number of carbonyl (C=O) groups is 2. The molecule has 21 heavy (non-hydrogen) atoms. The van der Waals surface area contributed by atoms with Crippen molar-refractivity contribution in [3.05, 3.63) is 65.2 Å². The highest BCUT2D eigenvalue weighted by Gasteiger charge is 2.13. The quantitative estimate of drug-likeness (QED) is 0.938. The molecule has 0 atom stereocenters. The summed E-state index contributed by atoms with van der Waals surface area (Å²) in [5.74, 6) is -1.01. The number of amides is 1. The van der Waals surface area contributed by atoms with Crippen LogP contribution in [0, 0.1) is 6.92 Å². The van der Waals surface area contributed by atoms with Gasteiger partial charge in [-0.1, -0.05) is 24.3 Å². The molecule has 0 aliphatic heterocycles. The first kappa shape index (κ1) is 14.8. The zero-order chi connectivity index (χ0) is 15.4. The first-order valence-corrected chi connectivity index (χ1v) is 6.63. The summed E-state index contributed by atoms with van der Waals surface area (Å²) in [6, 6.07) is 14.0. The van der Waals surface area contributed by atoms with E-state index in [1.165, 1.54) is 17.0 Å². The zero-order valence-electron chi connectivity index (χ0n) is 12.0. The Balaban J connectivity index is 2.12. The van der Waals surface area contributed by atoms with Crippen molar-refractivity contribution in [3.63, 3.8) is 0 Å². The van der Waals surface area contributed by atoms with Gasteiger partial charge in [0.05, 0.1) is 12.0 Å². The average molecular weight is 283 g/mol. The van der Waals surface area contributed by atoms with Crippen molar-refractivity contribution in [1.29, 1.82) is 0 Å². The number of aromatic carboxylic acids is 1. The minimum Gasteiger partial charge on any atom is -0.478 e. The molecule has 1 amide bonds. The number of rotatable bonds is 4. The number of anilines is 1. The van der Waals surface area contributed by atoms with Crippen molar-refractivity contribution in [2.45, 2.75) is 13.3 Å². The molecule has 0 saturated carbocycles. The maximum absolute atomic E-state index is 12.3. The van der Waals surface area contributed by atoms with Crippen LogP contribution < -0.4 is 4.90 Å². The number of hydrogen-bond acceptors (Lipinski definition) is 2. The van der Waals surface area contributed by atoms with Gasteiger partial charge in [-0.3, -0.25) is 4.79 Å². The van der Waals surface area contributed by atoms with Gasteiger partial charge in [0, 0.05) is 12.7 Å². The molecule has 4 nitrogen and oxygen atoms in total. The lowest BCUT2D eigenvalue weighted by atomic mass is 10.1. The maximum atomic E-state index is 12.3. The maximum Gasteiger partial charge on any atom is 0.335 e. The molecule has 0 spiro atoms. The van der Waals surface area contributed by atoms with E-state index in [1.54, 1.807) is 19.2 Å².